The summed E-state index contributed by atoms with van der Waals surface area (Å²) >= 11 is 3.33. The average Bonchev–Trinajstić information content (AvgIpc) is 3.06. The van der Waals surface area contributed by atoms with Crippen molar-refractivity contribution in [1.29, 1.82) is 0 Å². The van der Waals surface area contributed by atoms with Crippen molar-refractivity contribution < 1.29 is 23.1 Å². The molecule has 1 aliphatic rings. The summed E-state index contributed by atoms with van der Waals surface area (Å²) in [5.74, 6) is -1.01. The number of hydrogen-bond donors (Lipinski definition) is 1. The zero-order valence-corrected chi connectivity index (χ0v) is 15.3. The number of benzene rings is 2. The van der Waals surface area contributed by atoms with Crippen LogP contribution in [-0.2, 0) is 11.0 Å². The number of alkyl halides is 3. The van der Waals surface area contributed by atoms with Crippen molar-refractivity contribution in [3.8, 4) is 0 Å². The summed E-state index contributed by atoms with van der Waals surface area (Å²) in [6.07, 6.45) is -3.45. The first-order valence-electron chi connectivity index (χ1n) is 8.19. The molecule has 2 aromatic rings. The average molecular weight is 428 g/mol. The van der Waals surface area contributed by atoms with Crippen molar-refractivity contribution >= 4 is 21.9 Å². The molecule has 1 saturated heterocycles. The first-order chi connectivity index (χ1) is 12.3. The molecule has 0 aromatic heterocycles. The van der Waals surface area contributed by atoms with Gasteiger partial charge in [-0.25, -0.2) is 0 Å². The van der Waals surface area contributed by atoms with Gasteiger partial charge < -0.3 is 5.11 Å². The van der Waals surface area contributed by atoms with Gasteiger partial charge in [-0.2, -0.15) is 13.2 Å². The number of carbonyl (C=O) groups is 1. The minimum absolute atomic E-state index is 0.0791. The van der Waals surface area contributed by atoms with E-state index in [9.17, 15) is 23.1 Å². The summed E-state index contributed by atoms with van der Waals surface area (Å²) in [5.41, 5.74) is -0.0162. The third-order valence-corrected chi connectivity index (χ3v) is 5.19. The molecule has 1 heterocycles. The van der Waals surface area contributed by atoms with Crippen molar-refractivity contribution in [3.63, 3.8) is 0 Å². The second-order valence-electron chi connectivity index (χ2n) is 6.27. The molecule has 1 fully saturated rings. The third kappa shape index (κ3) is 3.78. The van der Waals surface area contributed by atoms with Crippen LogP contribution in [0.4, 0.5) is 13.2 Å². The molecule has 0 amide bonds. The molecule has 3 rings (SSSR count). The zero-order valence-electron chi connectivity index (χ0n) is 13.7. The number of aliphatic carboxylic acids is 1. The van der Waals surface area contributed by atoms with Crippen LogP contribution in [0.15, 0.2) is 53.0 Å². The van der Waals surface area contributed by atoms with Gasteiger partial charge in [-0.05, 0) is 42.2 Å². The highest BCUT2D eigenvalue weighted by atomic mass is 79.9. The molecule has 0 saturated carbocycles. The molecule has 2 atom stereocenters. The van der Waals surface area contributed by atoms with Crippen LogP contribution >= 0.6 is 15.9 Å². The molecule has 0 spiro atoms. The highest BCUT2D eigenvalue weighted by molar-refractivity contribution is 9.10. The monoisotopic (exact) mass is 427 g/mol. The van der Waals surface area contributed by atoms with E-state index in [1.54, 1.807) is 35.2 Å². The van der Waals surface area contributed by atoms with Gasteiger partial charge in [-0.1, -0.05) is 46.3 Å². The number of halogens is 4. The van der Waals surface area contributed by atoms with E-state index in [-0.39, 0.29) is 5.56 Å². The van der Waals surface area contributed by atoms with Crippen LogP contribution < -0.4 is 0 Å². The van der Waals surface area contributed by atoms with Gasteiger partial charge in [0.2, 0.25) is 0 Å². The van der Waals surface area contributed by atoms with E-state index in [4.69, 9.17) is 0 Å². The maximum atomic E-state index is 13.6. The van der Waals surface area contributed by atoms with Crippen molar-refractivity contribution in [2.24, 2.45) is 0 Å². The number of carboxylic acids is 1. The predicted octanol–water partition coefficient (Wildman–Crippen LogP) is 5.11. The maximum Gasteiger partial charge on any atom is 0.416 e. The van der Waals surface area contributed by atoms with Gasteiger partial charge >= 0.3 is 12.1 Å². The predicted molar refractivity (Wildman–Crippen MR) is 94.8 cm³/mol. The lowest BCUT2D eigenvalue weighted by Crippen LogP contribution is -2.39. The maximum absolute atomic E-state index is 13.6. The molecule has 2 unspecified atom stereocenters. The lowest BCUT2D eigenvalue weighted by molar-refractivity contribution is -0.143. The largest absolute Gasteiger partial charge is 0.480 e. The van der Waals surface area contributed by atoms with Crippen LogP contribution in [0.2, 0.25) is 0 Å². The van der Waals surface area contributed by atoms with Gasteiger partial charge in [0.25, 0.3) is 0 Å². The van der Waals surface area contributed by atoms with Gasteiger partial charge in [0.15, 0.2) is 0 Å². The topological polar surface area (TPSA) is 40.5 Å². The Morgan fingerprint density at radius 3 is 2.42 bits per heavy atom. The Balaban J connectivity index is 2.16. The molecular weight excluding hydrogens is 411 g/mol. The first kappa shape index (κ1) is 18.9. The van der Waals surface area contributed by atoms with Gasteiger partial charge in [-0.3, -0.25) is 9.69 Å². The number of likely N-dealkylation sites (tertiary alicyclic amines) is 1. The Kier molecular flexibility index (Phi) is 5.39. The Bertz CT molecular complexity index is 792. The summed E-state index contributed by atoms with van der Waals surface area (Å²) in [7, 11) is 0. The lowest BCUT2D eigenvalue weighted by atomic mass is 9.92. The smallest absolute Gasteiger partial charge is 0.416 e. The highest BCUT2D eigenvalue weighted by Gasteiger charge is 2.41. The number of hydrogen-bond acceptors (Lipinski definition) is 2. The molecule has 138 valence electrons. The van der Waals surface area contributed by atoms with Crippen molar-refractivity contribution in [3.05, 3.63) is 69.7 Å². The van der Waals surface area contributed by atoms with Crippen molar-refractivity contribution in [2.75, 3.05) is 6.54 Å². The molecule has 1 aliphatic heterocycles. The molecule has 3 nitrogen and oxygen atoms in total. The first-order valence-corrected chi connectivity index (χ1v) is 8.98. The zero-order chi connectivity index (χ0) is 18.9. The minimum atomic E-state index is -4.51. The van der Waals surface area contributed by atoms with Crippen LogP contribution in [0.3, 0.4) is 0 Å². The van der Waals surface area contributed by atoms with Gasteiger partial charge in [-0.15, -0.1) is 0 Å². The molecule has 2 aromatic carbocycles. The number of nitrogens with zero attached hydrogens (tertiary/aromatic N) is 1. The molecule has 0 radical (unpaired) electrons. The van der Waals surface area contributed by atoms with Crippen molar-refractivity contribution in [1.82, 2.24) is 4.90 Å². The molecule has 0 bridgehead atoms. The number of rotatable bonds is 4. The van der Waals surface area contributed by atoms with E-state index in [0.29, 0.717) is 24.9 Å². The van der Waals surface area contributed by atoms with E-state index in [1.165, 1.54) is 12.1 Å². The summed E-state index contributed by atoms with van der Waals surface area (Å²) < 4.78 is 41.6. The minimum Gasteiger partial charge on any atom is -0.480 e. The van der Waals surface area contributed by atoms with E-state index in [1.807, 2.05) is 0 Å². The van der Waals surface area contributed by atoms with E-state index in [2.05, 4.69) is 15.9 Å². The summed E-state index contributed by atoms with van der Waals surface area (Å²) in [6, 6.07) is 10.8. The second kappa shape index (κ2) is 7.40. The van der Waals surface area contributed by atoms with Crippen LogP contribution in [0.5, 0.6) is 0 Å². The standard InChI is InChI=1S/C19H17BrF3NO2/c20-13-9-7-12(8-10-13)17(24-11-3-6-16(24)18(25)26)14-4-1-2-5-15(14)19(21,22)23/h1-2,4-5,7-10,16-17H,3,6,11H2,(H,25,26). The second-order valence-corrected chi connectivity index (χ2v) is 7.19. The van der Waals surface area contributed by atoms with Crippen LogP contribution in [0.1, 0.15) is 35.6 Å². The van der Waals surface area contributed by atoms with Crippen molar-refractivity contribution in [2.45, 2.75) is 31.1 Å². The molecular formula is C19H17BrF3NO2. The fourth-order valence-corrected chi connectivity index (χ4v) is 3.82. The van der Waals surface area contributed by atoms with Gasteiger partial charge in [0.1, 0.15) is 6.04 Å². The number of carboxylic acid groups (broad SMARTS) is 1. The van der Waals surface area contributed by atoms with Gasteiger partial charge in [0.05, 0.1) is 11.6 Å². The Morgan fingerprint density at radius 1 is 1.15 bits per heavy atom. The molecule has 7 heteroatoms. The van der Waals surface area contributed by atoms with Crippen LogP contribution in [0, 0.1) is 0 Å². The summed E-state index contributed by atoms with van der Waals surface area (Å²) in [4.78, 5) is 13.3. The highest BCUT2D eigenvalue weighted by Crippen LogP contribution is 2.41. The Labute approximate surface area is 157 Å². The SMILES string of the molecule is O=C(O)C1CCCN1C(c1ccc(Br)cc1)c1ccccc1C(F)(F)F. The molecule has 1 N–H and O–H groups in total. The van der Waals surface area contributed by atoms with E-state index in [0.717, 1.165) is 10.5 Å². The fraction of sp³-hybridized carbons (Fsp3) is 0.316. The normalized spacial score (nSPS) is 19.5. The summed E-state index contributed by atoms with van der Waals surface area (Å²) in [6.45, 7) is 0.434. The summed E-state index contributed by atoms with van der Waals surface area (Å²) in [5, 5.41) is 9.53. The molecule has 0 aliphatic carbocycles. The van der Waals surface area contributed by atoms with Crippen LogP contribution in [0.25, 0.3) is 0 Å². The third-order valence-electron chi connectivity index (χ3n) is 4.66. The van der Waals surface area contributed by atoms with E-state index < -0.39 is 29.8 Å². The lowest BCUT2D eigenvalue weighted by Gasteiger charge is -2.33. The van der Waals surface area contributed by atoms with Gasteiger partial charge in [0, 0.05) is 11.0 Å². The Morgan fingerprint density at radius 2 is 1.81 bits per heavy atom. The fourth-order valence-electron chi connectivity index (χ4n) is 3.55. The van der Waals surface area contributed by atoms with Crippen LogP contribution in [-0.4, -0.2) is 28.6 Å². The molecule has 26 heavy (non-hydrogen) atoms. The quantitative estimate of drug-likeness (QED) is 0.736. The Hall–Kier alpha value is -1.86. The van der Waals surface area contributed by atoms with E-state index >= 15 is 0 Å².